The van der Waals surface area contributed by atoms with Gasteiger partial charge in [-0.1, -0.05) is 0 Å². The highest BCUT2D eigenvalue weighted by molar-refractivity contribution is 5.87. The highest BCUT2D eigenvalue weighted by Gasteiger charge is 2.26. The molecule has 1 atom stereocenters. The minimum Gasteiger partial charge on any atom is -0.354 e. The lowest BCUT2D eigenvalue weighted by atomic mass is 10.2. The van der Waals surface area contributed by atoms with Crippen LogP contribution in [-0.2, 0) is 4.79 Å². The van der Waals surface area contributed by atoms with E-state index >= 15 is 0 Å². The number of hydrogen-bond donors (Lipinski definition) is 3. The standard InChI is InChI=1S/C13H19N7O/c1-3-14-13-17-11-10(6-15-19-11)12(18-13)20-5-4-9(7-20)16-8(2)21/h6,9H,3-5,7H2,1-2H3,(H,16,21)(H2,14,15,17,18,19). The number of anilines is 2. The fourth-order valence-electron chi connectivity index (χ4n) is 2.66. The van der Waals surface area contributed by atoms with Gasteiger partial charge in [0.25, 0.3) is 0 Å². The molecule has 0 aromatic carbocycles. The Morgan fingerprint density at radius 2 is 2.38 bits per heavy atom. The first-order valence-electron chi connectivity index (χ1n) is 7.14. The fourth-order valence-corrected chi connectivity index (χ4v) is 2.66. The number of rotatable bonds is 4. The Morgan fingerprint density at radius 3 is 3.14 bits per heavy atom. The van der Waals surface area contributed by atoms with Gasteiger partial charge in [0, 0.05) is 32.6 Å². The number of H-pyrrole nitrogens is 1. The van der Waals surface area contributed by atoms with Crippen LogP contribution in [0.15, 0.2) is 6.20 Å². The van der Waals surface area contributed by atoms with Crippen LogP contribution in [0.2, 0.25) is 0 Å². The summed E-state index contributed by atoms with van der Waals surface area (Å²) in [5.41, 5.74) is 0.721. The van der Waals surface area contributed by atoms with Crippen LogP contribution >= 0.6 is 0 Å². The largest absolute Gasteiger partial charge is 0.354 e. The van der Waals surface area contributed by atoms with Crippen LogP contribution in [0.4, 0.5) is 11.8 Å². The van der Waals surface area contributed by atoms with Crippen LogP contribution in [-0.4, -0.2) is 51.7 Å². The van der Waals surface area contributed by atoms with Crippen molar-refractivity contribution in [1.29, 1.82) is 0 Å². The van der Waals surface area contributed by atoms with Gasteiger partial charge in [-0.2, -0.15) is 15.1 Å². The lowest BCUT2D eigenvalue weighted by Gasteiger charge is -2.19. The predicted octanol–water partition coefficient (Wildman–Crippen LogP) is 0.499. The van der Waals surface area contributed by atoms with Gasteiger partial charge in [-0.25, -0.2) is 0 Å². The summed E-state index contributed by atoms with van der Waals surface area (Å²) in [5, 5.41) is 13.9. The fraction of sp³-hybridized carbons (Fsp3) is 0.538. The van der Waals surface area contributed by atoms with Gasteiger partial charge in [0.2, 0.25) is 11.9 Å². The quantitative estimate of drug-likeness (QED) is 0.758. The van der Waals surface area contributed by atoms with Crippen LogP contribution < -0.4 is 15.5 Å². The molecule has 0 spiro atoms. The van der Waals surface area contributed by atoms with Crippen molar-refractivity contribution in [1.82, 2.24) is 25.5 Å². The molecular formula is C13H19N7O. The Labute approximate surface area is 122 Å². The lowest BCUT2D eigenvalue weighted by Crippen LogP contribution is -2.35. The summed E-state index contributed by atoms with van der Waals surface area (Å²) in [6, 6.07) is 0.169. The average Bonchev–Trinajstić information content (AvgIpc) is 3.06. The van der Waals surface area contributed by atoms with Gasteiger partial charge in [0.15, 0.2) is 5.65 Å². The zero-order chi connectivity index (χ0) is 14.8. The summed E-state index contributed by atoms with van der Waals surface area (Å²) >= 11 is 0. The number of aromatic amines is 1. The third-order valence-electron chi connectivity index (χ3n) is 3.52. The van der Waals surface area contributed by atoms with E-state index in [0.717, 1.165) is 42.9 Å². The number of aromatic nitrogens is 4. The van der Waals surface area contributed by atoms with Gasteiger partial charge >= 0.3 is 0 Å². The number of fused-ring (bicyclic) bond motifs is 1. The van der Waals surface area contributed by atoms with Gasteiger partial charge in [0.05, 0.1) is 11.6 Å². The predicted molar refractivity (Wildman–Crippen MR) is 80.3 cm³/mol. The van der Waals surface area contributed by atoms with Crippen molar-refractivity contribution >= 4 is 28.7 Å². The van der Waals surface area contributed by atoms with E-state index in [1.165, 1.54) is 0 Å². The van der Waals surface area contributed by atoms with Gasteiger partial charge in [0.1, 0.15) is 5.82 Å². The molecule has 3 rings (SSSR count). The third-order valence-corrected chi connectivity index (χ3v) is 3.52. The molecule has 1 aliphatic heterocycles. The number of carbonyl (C=O) groups is 1. The topological polar surface area (TPSA) is 98.8 Å². The lowest BCUT2D eigenvalue weighted by molar-refractivity contribution is -0.119. The molecule has 8 nitrogen and oxygen atoms in total. The third kappa shape index (κ3) is 2.74. The van der Waals surface area contributed by atoms with E-state index in [1.54, 1.807) is 13.1 Å². The molecule has 0 bridgehead atoms. The van der Waals surface area contributed by atoms with Gasteiger partial charge in [-0.15, -0.1) is 0 Å². The molecule has 1 saturated heterocycles. The Hall–Kier alpha value is -2.38. The minimum atomic E-state index is 0.00587. The molecule has 0 saturated carbocycles. The summed E-state index contributed by atoms with van der Waals surface area (Å²) in [7, 11) is 0. The summed E-state index contributed by atoms with van der Waals surface area (Å²) in [5.74, 6) is 1.45. The van der Waals surface area contributed by atoms with Crippen molar-refractivity contribution in [2.45, 2.75) is 26.3 Å². The van der Waals surface area contributed by atoms with Crippen LogP contribution in [0.25, 0.3) is 11.0 Å². The Kier molecular flexibility index (Phi) is 3.59. The minimum absolute atomic E-state index is 0.00587. The number of nitrogens with one attached hydrogen (secondary N) is 3. The normalized spacial score (nSPS) is 18.2. The van der Waals surface area contributed by atoms with E-state index in [4.69, 9.17) is 0 Å². The maximum absolute atomic E-state index is 11.2. The first kappa shape index (κ1) is 13.6. The van der Waals surface area contributed by atoms with Crippen molar-refractivity contribution in [2.24, 2.45) is 0 Å². The van der Waals surface area contributed by atoms with Gasteiger partial charge in [-0.3, -0.25) is 9.89 Å². The molecule has 2 aromatic rings. The number of nitrogens with zero attached hydrogens (tertiary/aromatic N) is 4. The molecule has 0 aliphatic carbocycles. The molecule has 1 amide bonds. The van der Waals surface area contributed by atoms with Crippen molar-refractivity contribution in [3.63, 3.8) is 0 Å². The van der Waals surface area contributed by atoms with E-state index in [1.807, 2.05) is 6.92 Å². The number of hydrogen-bond acceptors (Lipinski definition) is 6. The highest BCUT2D eigenvalue weighted by atomic mass is 16.1. The molecule has 8 heteroatoms. The average molecular weight is 289 g/mol. The Morgan fingerprint density at radius 1 is 1.52 bits per heavy atom. The first-order chi connectivity index (χ1) is 10.2. The number of carbonyl (C=O) groups excluding carboxylic acids is 1. The Bertz CT molecular complexity index is 653. The van der Waals surface area contributed by atoms with E-state index in [0.29, 0.717) is 5.95 Å². The van der Waals surface area contributed by atoms with Crippen molar-refractivity contribution in [2.75, 3.05) is 29.9 Å². The van der Waals surface area contributed by atoms with Crippen LogP contribution in [0, 0.1) is 0 Å². The van der Waals surface area contributed by atoms with Crippen LogP contribution in [0.3, 0.4) is 0 Å². The molecule has 2 aromatic heterocycles. The molecule has 1 unspecified atom stereocenters. The number of amides is 1. The zero-order valence-corrected chi connectivity index (χ0v) is 12.2. The van der Waals surface area contributed by atoms with E-state index in [9.17, 15) is 4.79 Å². The summed E-state index contributed by atoms with van der Waals surface area (Å²) in [6.45, 7) is 5.91. The molecule has 3 N–H and O–H groups in total. The van der Waals surface area contributed by atoms with Crippen molar-refractivity contribution < 1.29 is 4.79 Å². The second-order valence-electron chi connectivity index (χ2n) is 5.17. The molecular weight excluding hydrogens is 270 g/mol. The second kappa shape index (κ2) is 5.55. The molecule has 3 heterocycles. The maximum atomic E-state index is 11.2. The summed E-state index contributed by atoms with van der Waals surface area (Å²) in [4.78, 5) is 22.3. The first-order valence-corrected chi connectivity index (χ1v) is 7.14. The van der Waals surface area contributed by atoms with Crippen LogP contribution in [0.5, 0.6) is 0 Å². The second-order valence-corrected chi connectivity index (χ2v) is 5.17. The van der Waals surface area contributed by atoms with E-state index < -0.39 is 0 Å². The summed E-state index contributed by atoms with van der Waals surface area (Å²) < 4.78 is 0. The zero-order valence-electron chi connectivity index (χ0n) is 12.2. The van der Waals surface area contributed by atoms with Gasteiger partial charge < -0.3 is 15.5 Å². The monoisotopic (exact) mass is 289 g/mol. The molecule has 0 radical (unpaired) electrons. The Balaban J connectivity index is 1.89. The molecule has 1 aliphatic rings. The van der Waals surface area contributed by atoms with Crippen molar-refractivity contribution in [3.05, 3.63) is 6.20 Å². The van der Waals surface area contributed by atoms with E-state index in [-0.39, 0.29) is 11.9 Å². The van der Waals surface area contributed by atoms with Gasteiger partial charge in [-0.05, 0) is 13.3 Å². The molecule has 1 fully saturated rings. The summed E-state index contributed by atoms with van der Waals surface area (Å²) in [6.07, 6.45) is 2.66. The molecule has 112 valence electrons. The highest BCUT2D eigenvalue weighted by Crippen LogP contribution is 2.26. The van der Waals surface area contributed by atoms with Crippen LogP contribution in [0.1, 0.15) is 20.3 Å². The molecule has 21 heavy (non-hydrogen) atoms. The SMILES string of the molecule is CCNc1nc(N2CCC(NC(C)=O)C2)c2cn[nH]c2n1. The smallest absolute Gasteiger partial charge is 0.226 e. The maximum Gasteiger partial charge on any atom is 0.226 e. The van der Waals surface area contributed by atoms with Crippen molar-refractivity contribution in [3.8, 4) is 0 Å². The van der Waals surface area contributed by atoms with E-state index in [2.05, 4.69) is 35.7 Å².